The molecule has 126 valence electrons. The number of halogens is 1. The maximum Gasteiger partial charge on any atom is 0.193 e. The highest BCUT2D eigenvalue weighted by atomic mass is 127. The molecule has 6 heteroatoms. The number of nitrogens with zero attached hydrogens (tertiary/aromatic N) is 4. The van der Waals surface area contributed by atoms with E-state index in [1.165, 1.54) is 24.8 Å². The Morgan fingerprint density at radius 1 is 1.45 bits per heavy atom. The number of aryl methyl sites for hydroxylation is 1. The van der Waals surface area contributed by atoms with Crippen molar-refractivity contribution in [2.45, 2.75) is 32.1 Å². The zero-order chi connectivity index (χ0) is 15.5. The highest BCUT2D eigenvalue weighted by molar-refractivity contribution is 14.0. The SMILES string of the molecule is C=CCCCCCN(C)C(=NC)NCCc1cnn(C)c1.I. The lowest BCUT2D eigenvalue weighted by Gasteiger charge is -2.22. The Hall–Kier alpha value is -1.05. The molecule has 0 atom stereocenters. The van der Waals surface area contributed by atoms with Gasteiger partial charge >= 0.3 is 0 Å². The first-order valence-electron chi connectivity index (χ1n) is 7.67. The van der Waals surface area contributed by atoms with Crippen molar-refractivity contribution >= 4 is 29.9 Å². The maximum atomic E-state index is 4.33. The molecule has 1 aromatic rings. The summed E-state index contributed by atoms with van der Waals surface area (Å²) < 4.78 is 1.83. The van der Waals surface area contributed by atoms with Crippen LogP contribution in [0.2, 0.25) is 0 Å². The average molecular weight is 419 g/mol. The first kappa shape index (κ1) is 20.9. The molecule has 0 radical (unpaired) electrons. The second-order valence-corrected chi connectivity index (χ2v) is 5.31. The summed E-state index contributed by atoms with van der Waals surface area (Å²) in [4.78, 5) is 6.53. The summed E-state index contributed by atoms with van der Waals surface area (Å²) in [5.74, 6) is 0.961. The molecule has 1 N–H and O–H groups in total. The van der Waals surface area contributed by atoms with Crippen LogP contribution in [0.4, 0.5) is 0 Å². The number of aliphatic imine (C=N–C) groups is 1. The van der Waals surface area contributed by atoms with Gasteiger partial charge in [0, 0.05) is 40.4 Å². The molecule has 0 saturated heterocycles. The molecule has 0 aliphatic carbocycles. The Kier molecular flexibility index (Phi) is 11.9. The lowest BCUT2D eigenvalue weighted by atomic mass is 10.2. The summed E-state index contributed by atoms with van der Waals surface area (Å²) in [6.45, 7) is 5.66. The highest BCUT2D eigenvalue weighted by Crippen LogP contribution is 2.02. The number of unbranched alkanes of at least 4 members (excludes halogenated alkanes) is 3. The van der Waals surface area contributed by atoms with E-state index in [4.69, 9.17) is 0 Å². The smallest absolute Gasteiger partial charge is 0.193 e. The third kappa shape index (κ3) is 8.41. The van der Waals surface area contributed by atoms with Crippen LogP contribution in [-0.2, 0) is 13.5 Å². The molecule has 0 spiro atoms. The fourth-order valence-electron chi connectivity index (χ4n) is 2.22. The van der Waals surface area contributed by atoms with Crippen molar-refractivity contribution in [1.82, 2.24) is 20.0 Å². The quantitative estimate of drug-likeness (QED) is 0.220. The van der Waals surface area contributed by atoms with Gasteiger partial charge in [-0.2, -0.15) is 5.10 Å². The Morgan fingerprint density at radius 3 is 2.82 bits per heavy atom. The predicted molar refractivity (Wildman–Crippen MR) is 105 cm³/mol. The van der Waals surface area contributed by atoms with Gasteiger partial charge in [0.2, 0.25) is 0 Å². The number of hydrogen-bond acceptors (Lipinski definition) is 2. The van der Waals surface area contributed by atoms with E-state index >= 15 is 0 Å². The zero-order valence-corrected chi connectivity index (χ0v) is 16.4. The van der Waals surface area contributed by atoms with Crippen LogP contribution in [0.3, 0.4) is 0 Å². The van der Waals surface area contributed by atoms with Crippen molar-refractivity contribution in [3.63, 3.8) is 0 Å². The van der Waals surface area contributed by atoms with Gasteiger partial charge in [0.1, 0.15) is 0 Å². The highest BCUT2D eigenvalue weighted by Gasteiger charge is 2.05. The number of nitrogens with one attached hydrogen (secondary N) is 1. The molecule has 1 heterocycles. The standard InChI is InChI=1S/C16H29N5.HI/c1-5-6-7-8-9-12-20(3)16(17-2)18-11-10-15-13-19-21(4)14-15;/h5,13-14H,1,6-12H2,2-4H3,(H,17,18);1H. The zero-order valence-electron chi connectivity index (χ0n) is 14.1. The van der Waals surface area contributed by atoms with Crippen LogP contribution in [0.5, 0.6) is 0 Å². The van der Waals surface area contributed by atoms with Crippen molar-refractivity contribution in [2.75, 3.05) is 27.2 Å². The van der Waals surface area contributed by atoms with Crippen LogP contribution in [0.15, 0.2) is 30.0 Å². The molecule has 22 heavy (non-hydrogen) atoms. The third-order valence-corrected chi connectivity index (χ3v) is 3.43. The third-order valence-electron chi connectivity index (χ3n) is 3.43. The number of rotatable bonds is 9. The monoisotopic (exact) mass is 419 g/mol. The lowest BCUT2D eigenvalue weighted by molar-refractivity contribution is 0.455. The van der Waals surface area contributed by atoms with E-state index in [-0.39, 0.29) is 24.0 Å². The largest absolute Gasteiger partial charge is 0.356 e. The fraction of sp³-hybridized carbons (Fsp3) is 0.625. The van der Waals surface area contributed by atoms with Crippen LogP contribution in [-0.4, -0.2) is 47.8 Å². The van der Waals surface area contributed by atoms with Gasteiger partial charge in [-0.3, -0.25) is 9.67 Å². The van der Waals surface area contributed by atoms with E-state index in [0.717, 1.165) is 31.9 Å². The van der Waals surface area contributed by atoms with Gasteiger partial charge in [-0.05, 0) is 31.2 Å². The van der Waals surface area contributed by atoms with Gasteiger partial charge in [-0.15, -0.1) is 30.6 Å². The summed E-state index contributed by atoms with van der Waals surface area (Å²) in [6, 6.07) is 0. The molecular weight excluding hydrogens is 389 g/mol. The normalized spacial score (nSPS) is 11.0. The van der Waals surface area contributed by atoms with Gasteiger partial charge in [0.15, 0.2) is 5.96 Å². The number of guanidine groups is 1. The predicted octanol–water partition coefficient (Wildman–Crippen LogP) is 2.83. The molecule has 0 aromatic carbocycles. The summed E-state index contributed by atoms with van der Waals surface area (Å²) in [6.07, 6.45) is 11.7. The van der Waals surface area contributed by atoms with Crippen LogP contribution >= 0.6 is 24.0 Å². The minimum atomic E-state index is 0. The number of allylic oxidation sites excluding steroid dienone is 1. The molecule has 0 fully saturated rings. The minimum Gasteiger partial charge on any atom is -0.356 e. The molecule has 0 unspecified atom stereocenters. The average Bonchev–Trinajstić information content (AvgIpc) is 2.88. The van der Waals surface area contributed by atoms with Crippen molar-refractivity contribution in [3.05, 3.63) is 30.6 Å². The van der Waals surface area contributed by atoms with Gasteiger partial charge in [-0.1, -0.05) is 12.5 Å². The second-order valence-electron chi connectivity index (χ2n) is 5.31. The van der Waals surface area contributed by atoms with E-state index in [1.807, 2.05) is 37.2 Å². The van der Waals surface area contributed by atoms with Gasteiger partial charge in [-0.25, -0.2) is 0 Å². The van der Waals surface area contributed by atoms with Gasteiger partial charge in [0.25, 0.3) is 0 Å². The summed E-state index contributed by atoms with van der Waals surface area (Å²) in [5, 5.41) is 7.58. The molecule has 1 rings (SSSR count). The first-order chi connectivity index (χ1) is 10.2. The van der Waals surface area contributed by atoms with Crippen LogP contribution < -0.4 is 5.32 Å². The Labute approximate surface area is 151 Å². The minimum absolute atomic E-state index is 0. The summed E-state index contributed by atoms with van der Waals surface area (Å²) in [5.41, 5.74) is 1.24. The van der Waals surface area contributed by atoms with E-state index < -0.39 is 0 Å². The maximum absolute atomic E-state index is 4.33. The van der Waals surface area contributed by atoms with Crippen molar-refractivity contribution in [1.29, 1.82) is 0 Å². The van der Waals surface area contributed by atoms with Crippen molar-refractivity contribution < 1.29 is 0 Å². The van der Waals surface area contributed by atoms with Gasteiger partial charge in [0.05, 0.1) is 6.20 Å². The summed E-state index contributed by atoms with van der Waals surface area (Å²) >= 11 is 0. The Balaban J connectivity index is 0.00000441. The number of hydrogen-bond donors (Lipinski definition) is 1. The molecule has 0 aliphatic heterocycles. The molecule has 0 amide bonds. The van der Waals surface area contributed by atoms with E-state index in [2.05, 4.69) is 33.9 Å². The van der Waals surface area contributed by atoms with E-state index in [1.54, 1.807) is 0 Å². The molecule has 5 nitrogen and oxygen atoms in total. The lowest BCUT2D eigenvalue weighted by Crippen LogP contribution is -2.40. The van der Waals surface area contributed by atoms with Gasteiger partial charge < -0.3 is 10.2 Å². The second kappa shape index (κ2) is 12.5. The Bertz CT molecular complexity index is 441. The molecule has 0 saturated carbocycles. The van der Waals surface area contributed by atoms with Crippen LogP contribution in [0.25, 0.3) is 0 Å². The molecule has 0 bridgehead atoms. The van der Waals surface area contributed by atoms with Crippen molar-refractivity contribution in [3.8, 4) is 0 Å². The Morgan fingerprint density at radius 2 is 2.23 bits per heavy atom. The van der Waals surface area contributed by atoms with E-state index in [9.17, 15) is 0 Å². The van der Waals surface area contributed by atoms with Crippen LogP contribution in [0, 0.1) is 0 Å². The molecule has 1 aromatic heterocycles. The van der Waals surface area contributed by atoms with Crippen molar-refractivity contribution in [2.24, 2.45) is 12.0 Å². The first-order valence-corrected chi connectivity index (χ1v) is 7.67. The summed E-state index contributed by atoms with van der Waals surface area (Å²) in [7, 11) is 5.86. The topological polar surface area (TPSA) is 45.4 Å². The molecular formula is C16H30IN5. The molecule has 0 aliphatic rings. The fourth-order valence-corrected chi connectivity index (χ4v) is 2.22. The van der Waals surface area contributed by atoms with E-state index in [0.29, 0.717) is 0 Å². The van der Waals surface area contributed by atoms with Crippen LogP contribution in [0.1, 0.15) is 31.2 Å². The number of aromatic nitrogens is 2.